The molecular weight excluding hydrogens is 416 g/mol. The molecule has 0 aromatic heterocycles. The number of hydrogen-bond acceptors (Lipinski definition) is 2. The Balaban J connectivity index is 2.25. The summed E-state index contributed by atoms with van der Waals surface area (Å²) >= 11 is 14.0. The summed E-state index contributed by atoms with van der Waals surface area (Å²) < 4.78 is 0.635. The summed E-state index contributed by atoms with van der Waals surface area (Å²) in [6.45, 7) is 0.789. The largest absolute Gasteiger partial charge is 0.481 e. The molecule has 1 N–H and O–H groups in total. The Bertz CT molecular complexity index is 565. The molecule has 1 aromatic carbocycles. The van der Waals surface area contributed by atoms with Gasteiger partial charge in [0.1, 0.15) is 0 Å². The number of halogens is 3. The summed E-state index contributed by atoms with van der Waals surface area (Å²) in [5.74, 6) is -1.58. The van der Waals surface area contributed by atoms with Crippen molar-refractivity contribution in [3.63, 3.8) is 0 Å². The van der Waals surface area contributed by atoms with Crippen LogP contribution in [0.15, 0.2) is 12.1 Å². The molecule has 0 bridgehead atoms. The molecule has 1 saturated heterocycles. The zero-order valence-electron chi connectivity index (χ0n) is 10.4. The molecule has 0 spiro atoms. The maximum atomic E-state index is 12.5. The quantitative estimate of drug-likeness (QED) is 0.580. The normalized spacial score (nSPS) is 18.9. The molecule has 1 aromatic rings. The molecule has 2 rings (SSSR count). The third-order valence-electron chi connectivity index (χ3n) is 3.28. The van der Waals surface area contributed by atoms with E-state index in [0.29, 0.717) is 38.6 Å². The van der Waals surface area contributed by atoms with Gasteiger partial charge in [-0.3, -0.25) is 9.59 Å². The highest BCUT2D eigenvalue weighted by Gasteiger charge is 2.29. The Morgan fingerprint density at radius 3 is 2.70 bits per heavy atom. The highest BCUT2D eigenvalue weighted by molar-refractivity contribution is 14.1. The van der Waals surface area contributed by atoms with E-state index in [0.717, 1.165) is 0 Å². The Hall–Kier alpha value is -0.530. The molecule has 0 saturated carbocycles. The van der Waals surface area contributed by atoms with Gasteiger partial charge in [-0.05, 0) is 47.6 Å². The van der Waals surface area contributed by atoms with Crippen molar-refractivity contribution in [3.05, 3.63) is 31.3 Å². The lowest BCUT2D eigenvalue weighted by atomic mass is 9.97. The highest BCUT2D eigenvalue weighted by Crippen LogP contribution is 2.29. The lowest BCUT2D eigenvalue weighted by molar-refractivity contribution is -0.143. The van der Waals surface area contributed by atoms with Crippen LogP contribution in [0.5, 0.6) is 0 Å². The molecule has 7 heteroatoms. The summed E-state index contributed by atoms with van der Waals surface area (Å²) in [4.78, 5) is 25.1. The average Bonchev–Trinajstić information content (AvgIpc) is 2.42. The minimum atomic E-state index is -0.860. The van der Waals surface area contributed by atoms with Gasteiger partial charge in [0.15, 0.2) is 0 Å². The van der Waals surface area contributed by atoms with E-state index < -0.39 is 11.9 Å². The summed E-state index contributed by atoms with van der Waals surface area (Å²) in [5.41, 5.74) is 0.425. The number of carboxylic acid groups (broad SMARTS) is 1. The lowest BCUT2D eigenvalue weighted by Gasteiger charge is -2.31. The number of nitrogens with zero attached hydrogens (tertiary/aromatic N) is 1. The second-order valence-electron chi connectivity index (χ2n) is 4.68. The molecule has 1 heterocycles. The van der Waals surface area contributed by atoms with E-state index >= 15 is 0 Å². The van der Waals surface area contributed by atoms with Crippen LogP contribution in [-0.4, -0.2) is 35.0 Å². The summed E-state index contributed by atoms with van der Waals surface area (Å²) in [5, 5.41) is 9.89. The predicted molar refractivity (Wildman–Crippen MR) is 85.4 cm³/mol. The molecule has 1 unspecified atom stereocenters. The zero-order chi connectivity index (χ0) is 14.9. The molecular formula is C13H12Cl2INO3. The van der Waals surface area contributed by atoms with E-state index in [4.69, 9.17) is 28.3 Å². The monoisotopic (exact) mass is 427 g/mol. The summed E-state index contributed by atoms with van der Waals surface area (Å²) in [6.07, 6.45) is 1.29. The molecule has 1 fully saturated rings. The van der Waals surface area contributed by atoms with Crippen molar-refractivity contribution in [3.8, 4) is 0 Å². The molecule has 4 nitrogen and oxygen atoms in total. The van der Waals surface area contributed by atoms with E-state index in [1.807, 2.05) is 22.6 Å². The first-order chi connectivity index (χ1) is 9.40. The van der Waals surface area contributed by atoms with Gasteiger partial charge in [-0.25, -0.2) is 0 Å². The van der Waals surface area contributed by atoms with Crippen LogP contribution in [-0.2, 0) is 4.79 Å². The van der Waals surface area contributed by atoms with Gasteiger partial charge in [0, 0.05) is 21.7 Å². The number of hydrogen-bond donors (Lipinski definition) is 1. The van der Waals surface area contributed by atoms with Crippen LogP contribution in [0.25, 0.3) is 0 Å². The maximum absolute atomic E-state index is 12.5. The average molecular weight is 428 g/mol. The number of carboxylic acids is 1. The van der Waals surface area contributed by atoms with Gasteiger partial charge in [0.25, 0.3) is 5.91 Å². The molecule has 1 atom stereocenters. The second-order valence-corrected chi connectivity index (χ2v) is 6.60. The number of carbonyl (C=O) groups excluding carboxylic acids is 1. The first-order valence-corrected chi connectivity index (χ1v) is 7.90. The molecule has 108 valence electrons. The van der Waals surface area contributed by atoms with Gasteiger partial charge >= 0.3 is 5.97 Å². The van der Waals surface area contributed by atoms with Gasteiger partial charge in [0.2, 0.25) is 0 Å². The van der Waals surface area contributed by atoms with E-state index in [9.17, 15) is 9.59 Å². The van der Waals surface area contributed by atoms with Crippen molar-refractivity contribution in [2.45, 2.75) is 12.8 Å². The van der Waals surface area contributed by atoms with Gasteiger partial charge in [-0.1, -0.05) is 23.2 Å². The summed E-state index contributed by atoms with van der Waals surface area (Å²) in [7, 11) is 0. The third-order valence-corrected chi connectivity index (χ3v) is 5.28. The van der Waals surface area contributed by atoms with Gasteiger partial charge in [-0.2, -0.15) is 0 Å². The fourth-order valence-electron chi connectivity index (χ4n) is 2.25. The number of piperidine rings is 1. The maximum Gasteiger partial charge on any atom is 0.308 e. The van der Waals surface area contributed by atoms with Gasteiger partial charge in [-0.15, -0.1) is 0 Å². The van der Waals surface area contributed by atoms with Crippen molar-refractivity contribution in [2.24, 2.45) is 5.92 Å². The van der Waals surface area contributed by atoms with Crippen LogP contribution in [0.4, 0.5) is 0 Å². The number of likely N-dealkylation sites (tertiary alicyclic amines) is 1. The number of benzene rings is 1. The van der Waals surface area contributed by atoms with Crippen molar-refractivity contribution in [2.75, 3.05) is 13.1 Å². The van der Waals surface area contributed by atoms with E-state index in [1.54, 1.807) is 17.0 Å². The van der Waals surface area contributed by atoms with Crippen LogP contribution in [0.1, 0.15) is 23.2 Å². The topological polar surface area (TPSA) is 57.6 Å². The Kier molecular flexibility index (Phi) is 5.14. The van der Waals surface area contributed by atoms with E-state index in [-0.39, 0.29) is 12.5 Å². The van der Waals surface area contributed by atoms with E-state index in [2.05, 4.69) is 0 Å². The third kappa shape index (κ3) is 3.38. The van der Waals surface area contributed by atoms with Crippen LogP contribution in [0.3, 0.4) is 0 Å². The predicted octanol–water partition coefficient (Wildman–Crippen LogP) is 3.53. The van der Waals surface area contributed by atoms with Crippen LogP contribution in [0, 0.1) is 9.49 Å². The molecule has 1 aliphatic rings. The molecule has 1 amide bonds. The molecule has 0 radical (unpaired) electrons. The van der Waals surface area contributed by atoms with Gasteiger partial charge < -0.3 is 10.0 Å². The smallest absolute Gasteiger partial charge is 0.308 e. The zero-order valence-corrected chi connectivity index (χ0v) is 14.1. The molecule has 1 aliphatic heterocycles. The summed E-state index contributed by atoms with van der Waals surface area (Å²) in [6, 6.07) is 3.15. The second kappa shape index (κ2) is 6.49. The first kappa shape index (κ1) is 15.9. The number of rotatable bonds is 2. The Morgan fingerprint density at radius 1 is 1.35 bits per heavy atom. The van der Waals surface area contributed by atoms with E-state index in [1.165, 1.54) is 0 Å². The Morgan fingerprint density at radius 2 is 2.05 bits per heavy atom. The molecule has 20 heavy (non-hydrogen) atoms. The number of aliphatic carboxylic acids is 1. The van der Waals surface area contributed by atoms with Crippen molar-refractivity contribution in [1.29, 1.82) is 0 Å². The fourth-order valence-corrected chi connectivity index (χ4v) is 3.28. The van der Waals surface area contributed by atoms with Gasteiger partial charge in [0.05, 0.1) is 16.5 Å². The SMILES string of the molecule is O=C(O)C1CCCN(C(=O)c2cc(Cl)cc(Cl)c2I)C1. The minimum absolute atomic E-state index is 0.218. The number of carbonyl (C=O) groups is 2. The van der Waals surface area contributed by atoms with Crippen molar-refractivity contribution in [1.82, 2.24) is 4.90 Å². The number of amides is 1. The standard InChI is InChI=1S/C13H12Cl2INO3/c14-8-4-9(11(16)10(15)5-8)12(18)17-3-1-2-7(6-17)13(19)20/h4-5,7H,1-3,6H2,(H,19,20). The minimum Gasteiger partial charge on any atom is -0.481 e. The van der Waals surface area contributed by atoms with Crippen molar-refractivity contribution < 1.29 is 14.7 Å². The van der Waals surface area contributed by atoms with Crippen LogP contribution < -0.4 is 0 Å². The fraction of sp³-hybridized carbons (Fsp3) is 0.385. The van der Waals surface area contributed by atoms with Crippen LogP contribution >= 0.6 is 45.8 Å². The molecule has 0 aliphatic carbocycles. The first-order valence-electron chi connectivity index (χ1n) is 6.06. The van der Waals surface area contributed by atoms with Crippen molar-refractivity contribution >= 4 is 57.7 Å². The Labute approximate surface area is 140 Å². The van der Waals surface area contributed by atoms with Crippen LogP contribution in [0.2, 0.25) is 10.0 Å². The lowest BCUT2D eigenvalue weighted by Crippen LogP contribution is -2.42. The highest BCUT2D eigenvalue weighted by atomic mass is 127.